The highest BCUT2D eigenvalue weighted by Gasteiger charge is 2.15. The molecule has 0 saturated carbocycles. The number of nitrogens with two attached hydrogens (primary N) is 1. The van der Waals surface area contributed by atoms with Gasteiger partial charge in [0.25, 0.3) is 5.91 Å². The topological polar surface area (TPSA) is 99.9 Å². The molecule has 0 saturated heterocycles. The number of hydrogen-bond donors (Lipinski definition) is 2. The van der Waals surface area contributed by atoms with Gasteiger partial charge in [-0.15, -0.1) is 0 Å². The van der Waals surface area contributed by atoms with Crippen molar-refractivity contribution < 1.29 is 23.8 Å². The first kappa shape index (κ1) is 16.8. The highest BCUT2D eigenvalue weighted by molar-refractivity contribution is 5.93. The monoisotopic (exact) mass is 296 g/mol. The van der Waals surface area contributed by atoms with E-state index in [4.69, 9.17) is 15.2 Å². The van der Waals surface area contributed by atoms with Crippen LogP contribution in [0.4, 0.5) is 5.69 Å². The van der Waals surface area contributed by atoms with Gasteiger partial charge in [0.15, 0.2) is 6.61 Å². The number of ether oxygens (including phenoxy) is 3. The zero-order valence-corrected chi connectivity index (χ0v) is 12.3. The van der Waals surface area contributed by atoms with Crippen LogP contribution >= 0.6 is 0 Å². The van der Waals surface area contributed by atoms with Crippen molar-refractivity contribution in [3.8, 4) is 5.75 Å². The average Bonchev–Trinajstić information content (AvgIpc) is 2.44. The summed E-state index contributed by atoms with van der Waals surface area (Å²) < 4.78 is 14.9. The molecule has 1 amide bonds. The Morgan fingerprint density at radius 3 is 2.67 bits per heavy atom. The molecule has 1 rings (SSSR count). The van der Waals surface area contributed by atoms with Crippen molar-refractivity contribution in [2.45, 2.75) is 13.0 Å². The summed E-state index contributed by atoms with van der Waals surface area (Å²) in [6.45, 7) is 1.97. The summed E-state index contributed by atoms with van der Waals surface area (Å²) in [6, 6.07) is 4.38. The van der Waals surface area contributed by atoms with Crippen molar-refractivity contribution in [2.24, 2.45) is 0 Å². The minimum Gasteiger partial charge on any atom is -0.483 e. The van der Waals surface area contributed by atoms with Crippen LogP contribution < -0.4 is 15.8 Å². The van der Waals surface area contributed by atoms with Gasteiger partial charge < -0.3 is 25.3 Å². The first-order valence-electron chi connectivity index (χ1n) is 6.36. The molecular formula is C14H20N2O5. The molecule has 0 aliphatic heterocycles. The molecule has 1 atom stereocenters. The number of methoxy groups -OCH3 is 2. The lowest BCUT2D eigenvalue weighted by Crippen LogP contribution is -2.38. The Labute approximate surface area is 123 Å². The Hall–Kier alpha value is -2.28. The number of rotatable bonds is 7. The van der Waals surface area contributed by atoms with Gasteiger partial charge in [0.2, 0.25) is 0 Å². The largest absolute Gasteiger partial charge is 0.483 e. The molecule has 0 fully saturated rings. The minimum atomic E-state index is -0.557. The van der Waals surface area contributed by atoms with Crippen molar-refractivity contribution in [3.63, 3.8) is 0 Å². The Morgan fingerprint density at radius 2 is 2.05 bits per heavy atom. The molecule has 0 aromatic heterocycles. The quantitative estimate of drug-likeness (QED) is 0.564. The van der Waals surface area contributed by atoms with Crippen LogP contribution in [0.3, 0.4) is 0 Å². The summed E-state index contributed by atoms with van der Waals surface area (Å²) >= 11 is 0. The molecule has 0 bridgehead atoms. The van der Waals surface area contributed by atoms with Gasteiger partial charge >= 0.3 is 5.97 Å². The molecule has 7 nitrogen and oxygen atoms in total. The second-order valence-electron chi connectivity index (χ2n) is 4.46. The number of carbonyl (C=O) groups excluding carboxylic acids is 2. The van der Waals surface area contributed by atoms with E-state index in [0.29, 0.717) is 12.3 Å². The SMILES string of the molecule is COCC(C)NC(=O)COc1cc(N)ccc1C(=O)OC. The van der Waals surface area contributed by atoms with E-state index in [1.54, 1.807) is 13.2 Å². The van der Waals surface area contributed by atoms with E-state index in [-0.39, 0.29) is 29.9 Å². The lowest BCUT2D eigenvalue weighted by atomic mass is 10.2. The van der Waals surface area contributed by atoms with Gasteiger partial charge in [-0.05, 0) is 19.1 Å². The van der Waals surface area contributed by atoms with E-state index < -0.39 is 5.97 Å². The summed E-state index contributed by atoms with van der Waals surface area (Å²) in [5.41, 5.74) is 6.28. The number of nitrogens with one attached hydrogen (secondary N) is 1. The fraction of sp³-hybridized carbons (Fsp3) is 0.429. The van der Waals surface area contributed by atoms with Crippen LogP contribution in [0.5, 0.6) is 5.75 Å². The lowest BCUT2D eigenvalue weighted by molar-refractivity contribution is -0.124. The molecule has 1 aromatic rings. The average molecular weight is 296 g/mol. The second-order valence-corrected chi connectivity index (χ2v) is 4.46. The van der Waals surface area contributed by atoms with Crippen LogP contribution in [0, 0.1) is 0 Å². The van der Waals surface area contributed by atoms with Crippen molar-refractivity contribution in [1.82, 2.24) is 5.32 Å². The van der Waals surface area contributed by atoms with E-state index in [0.717, 1.165) is 0 Å². The second kappa shape index (κ2) is 8.11. The third kappa shape index (κ3) is 5.31. The normalized spacial score (nSPS) is 11.6. The predicted molar refractivity (Wildman–Crippen MR) is 77.2 cm³/mol. The summed E-state index contributed by atoms with van der Waals surface area (Å²) in [7, 11) is 2.82. The summed E-state index contributed by atoms with van der Waals surface area (Å²) in [5, 5.41) is 2.69. The van der Waals surface area contributed by atoms with E-state index in [1.807, 2.05) is 6.92 Å². The van der Waals surface area contributed by atoms with Gasteiger partial charge in [0, 0.05) is 24.9 Å². The van der Waals surface area contributed by atoms with Gasteiger partial charge in [0.05, 0.1) is 13.7 Å². The third-order valence-corrected chi connectivity index (χ3v) is 2.59. The third-order valence-electron chi connectivity index (χ3n) is 2.59. The highest BCUT2D eigenvalue weighted by atomic mass is 16.5. The maximum Gasteiger partial charge on any atom is 0.341 e. The predicted octanol–water partition coefficient (Wildman–Crippen LogP) is 0.585. The number of anilines is 1. The van der Waals surface area contributed by atoms with Gasteiger partial charge in [-0.2, -0.15) is 0 Å². The minimum absolute atomic E-state index is 0.132. The maximum atomic E-state index is 11.7. The van der Waals surface area contributed by atoms with Crippen LogP contribution in [-0.4, -0.2) is 45.4 Å². The summed E-state index contributed by atoms with van der Waals surface area (Å²) in [4.78, 5) is 23.3. The van der Waals surface area contributed by atoms with Gasteiger partial charge in [-0.25, -0.2) is 4.79 Å². The Morgan fingerprint density at radius 1 is 1.33 bits per heavy atom. The molecule has 3 N–H and O–H groups in total. The highest BCUT2D eigenvalue weighted by Crippen LogP contribution is 2.22. The molecule has 0 heterocycles. The Kier molecular flexibility index (Phi) is 6.48. The molecular weight excluding hydrogens is 276 g/mol. The number of esters is 1. The fourth-order valence-corrected chi connectivity index (χ4v) is 1.69. The number of benzene rings is 1. The van der Waals surface area contributed by atoms with E-state index >= 15 is 0 Å². The molecule has 0 aliphatic rings. The molecule has 7 heteroatoms. The number of carbonyl (C=O) groups is 2. The molecule has 1 aromatic carbocycles. The van der Waals surface area contributed by atoms with Gasteiger partial charge in [-0.3, -0.25) is 4.79 Å². The molecule has 1 unspecified atom stereocenters. The van der Waals surface area contributed by atoms with Crippen LogP contribution in [0.25, 0.3) is 0 Å². The smallest absolute Gasteiger partial charge is 0.341 e. The molecule has 0 aliphatic carbocycles. The maximum absolute atomic E-state index is 11.7. The van der Waals surface area contributed by atoms with Crippen molar-refractivity contribution in [3.05, 3.63) is 23.8 Å². The fourth-order valence-electron chi connectivity index (χ4n) is 1.69. The first-order valence-corrected chi connectivity index (χ1v) is 6.36. The Balaban J connectivity index is 2.68. The van der Waals surface area contributed by atoms with Crippen LogP contribution in [0.15, 0.2) is 18.2 Å². The van der Waals surface area contributed by atoms with Gasteiger partial charge in [0.1, 0.15) is 11.3 Å². The van der Waals surface area contributed by atoms with E-state index in [2.05, 4.69) is 10.1 Å². The van der Waals surface area contributed by atoms with Crippen molar-refractivity contribution in [2.75, 3.05) is 33.2 Å². The summed E-state index contributed by atoms with van der Waals surface area (Å²) in [5.74, 6) is -0.674. The zero-order valence-electron chi connectivity index (χ0n) is 12.3. The molecule has 0 radical (unpaired) electrons. The van der Waals surface area contributed by atoms with Crippen LogP contribution in [0.1, 0.15) is 17.3 Å². The zero-order chi connectivity index (χ0) is 15.8. The van der Waals surface area contributed by atoms with E-state index in [1.165, 1.54) is 19.2 Å². The Bertz CT molecular complexity index is 504. The molecule has 21 heavy (non-hydrogen) atoms. The van der Waals surface area contributed by atoms with Gasteiger partial charge in [-0.1, -0.05) is 0 Å². The molecule has 116 valence electrons. The number of amides is 1. The lowest BCUT2D eigenvalue weighted by Gasteiger charge is -2.14. The number of nitrogen functional groups attached to an aromatic ring is 1. The summed E-state index contributed by atoms with van der Waals surface area (Å²) in [6.07, 6.45) is 0. The number of hydrogen-bond acceptors (Lipinski definition) is 6. The van der Waals surface area contributed by atoms with Crippen molar-refractivity contribution in [1.29, 1.82) is 0 Å². The van der Waals surface area contributed by atoms with Crippen LogP contribution in [-0.2, 0) is 14.3 Å². The van der Waals surface area contributed by atoms with Crippen LogP contribution in [0.2, 0.25) is 0 Å². The van der Waals surface area contributed by atoms with E-state index in [9.17, 15) is 9.59 Å². The standard InChI is InChI=1S/C14H20N2O5/c1-9(7-19-2)16-13(17)8-21-12-6-10(15)4-5-11(12)14(18)20-3/h4-6,9H,7-8,15H2,1-3H3,(H,16,17). The first-order chi connectivity index (χ1) is 9.97. The van der Waals surface area contributed by atoms with Crippen molar-refractivity contribution >= 4 is 17.6 Å². The molecule has 0 spiro atoms.